The summed E-state index contributed by atoms with van der Waals surface area (Å²) >= 11 is 21.3. The number of aliphatic hydroxyl groups is 3. The number of fused-ring (bicyclic) bond motifs is 2. The molecule has 104 heavy (non-hydrogen) atoms. The summed E-state index contributed by atoms with van der Waals surface area (Å²) in [5.74, 6) is -1.68. The first kappa shape index (κ1) is 84.5. The zero-order chi connectivity index (χ0) is 76.1. The molecular formula is C64H72BCl3F3IN21O8S3-. The van der Waals surface area contributed by atoms with Crippen LogP contribution in [0.3, 0.4) is 0 Å². The van der Waals surface area contributed by atoms with Crippen molar-refractivity contribution in [3.8, 4) is 23.5 Å². The fourth-order valence-electron chi connectivity index (χ4n) is 8.46. The first-order valence-corrected chi connectivity index (χ1v) is 34.5. The molecule has 10 aromatic heterocycles. The predicted molar refractivity (Wildman–Crippen MR) is 388 cm³/mol. The summed E-state index contributed by atoms with van der Waals surface area (Å²) < 4.78 is 56.8. The zero-order valence-corrected chi connectivity index (χ0v) is 64.9. The van der Waals surface area contributed by atoms with Gasteiger partial charge in [0.25, 0.3) is 17.7 Å². The molecule has 1 fully saturated rings. The Balaban J connectivity index is 0.000000216. The van der Waals surface area contributed by atoms with Crippen molar-refractivity contribution >= 4 is 137 Å². The molecule has 40 heteroatoms. The number of alkyl halides is 3. The van der Waals surface area contributed by atoms with E-state index < -0.39 is 60.2 Å². The lowest BCUT2D eigenvalue weighted by molar-refractivity contribution is -0.00209. The third kappa shape index (κ3) is 23.3. The van der Waals surface area contributed by atoms with Crippen LogP contribution in [0.25, 0.3) is 22.4 Å². The van der Waals surface area contributed by atoms with Crippen molar-refractivity contribution in [1.82, 2.24) is 80.7 Å². The zero-order valence-electron chi connectivity index (χ0n) is 58.1. The lowest BCUT2D eigenvalue weighted by Gasteiger charge is -2.32. The Bertz CT molecular complexity index is 4700. The van der Waals surface area contributed by atoms with Gasteiger partial charge in [-0.3, -0.25) is 19.4 Å². The van der Waals surface area contributed by atoms with Crippen molar-refractivity contribution < 1.29 is 76.2 Å². The van der Waals surface area contributed by atoms with Gasteiger partial charge in [0.15, 0.2) is 0 Å². The number of hydrogen-bond donors (Lipinski definition) is 9. The van der Waals surface area contributed by atoms with Crippen LogP contribution in [0.4, 0.5) is 39.9 Å². The Kier molecular flexibility index (Phi) is 29.3. The maximum atomic E-state index is 14.1. The molecule has 1 aliphatic heterocycles. The first-order chi connectivity index (χ1) is 48.2. The van der Waals surface area contributed by atoms with E-state index in [1.807, 2.05) is 58.9 Å². The Morgan fingerprint density at radius 2 is 0.990 bits per heavy atom. The van der Waals surface area contributed by atoms with Gasteiger partial charge in [0.2, 0.25) is 15.4 Å². The smallest absolute Gasteiger partial charge is 0.514 e. The molecule has 10 N–H and O–H groups in total. The van der Waals surface area contributed by atoms with E-state index in [1.54, 1.807) is 47.3 Å². The minimum Gasteiger partial charge on any atom is -1.00 e. The molecule has 552 valence electrons. The molecular weight excluding hydrogens is 1590 g/mol. The van der Waals surface area contributed by atoms with E-state index >= 15 is 0 Å². The molecule has 11 heterocycles. The average Bonchev–Trinajstić information content (AvgIpc) is 1.61. The molecule has 1 aliphatic rings. The third-order valence-corrected chi connectivity index (χ3v) is 18.0. The fraction of sp³-hybridized carbons (Fsp3) is 0.375. The second kappa shape index (κ2) is 36.0. The van der Waals surface area contributed by atoms with E-state index in [0.29, 0.717) is 54.8 Å². The van der Waals surface area contributed by atoms with Crippen molar-refractivity contribution in [1.29, 1.82) is 10.5 Å². The van der Waals surface area contributed by atoms with Crippen molar-refractivity contribution in [2.45, 2.75) is 137 Å². The van der Waals surface area contributed by atoms with E-state index in [9.17, 15) is 42.9 Å². The highest BCUT2D eigenvalue weighted by Crippen LogP contribution is 2.37. The van der Waals surface area contributed by atoms with Crippen LogP contribution < -0.4 is 61.9 Å². The largest absolute Gasteiger partial charge is 1.00 e. The molecule has 0 aromatic carbocycles. The normalized spacial score (nSPS) is 13.8. The summed E-state index contributed by atoms with van der Waals surface area (Å²) in [7, 11) is -0.456. The van der Waals surface area contributed by atoms with Crippen LogP contribution in [0, 0.1) is 43.4 Å². The van der Waals surface area contributed by atoms with Crippen molar-refractivity contribution in [2.75, 3.05) is 36.0 Å². The first-order valence-electron chi connectivity index (χ1n) is 30.9. The standard InChI is InChI=1S/C22H21FN8O2S.C14H16BN3O2.C14H17ClFN5O2S.C11H13Cl2FN2O2.C3H5N3S.HI/c1-12-29-30-21(34-12)28-16-7-17(18-5-4-14-6-13(8-24)9-27-31(14)18)25-10-15(16)20(32)26-11-19(23)22(2,3)33;1-13(2)14(3,4)20-15(19-13)12-6-5-11-7-10(8-16)9-17-18(11)12;1-7-20-21-13(24-7)19-9-4-11(15)17-5-8(9)12(22)18-6-10(16)14(2,3)23;1-11(2,18)8(14)5-16-10(17)6-4-15-9(13)3-7(6)12;1-2-5-6-3(4)7-2;/h4-7,9-10,19,33H,11H2,1-3H3,(H,26,32)(H,25,28,30);5-7,9H,1-4H3;4-5,10,23H,6H2,1-3H3,(H,18,22)(H,17,19,21);3-4,8,18H,5H2,1-2H3,(H,16,17);1H3,(H2,4,6);1H/p-1/t19-;;10-;8-;;/m1.11../s1. The molecule has 0 bridgehead atoms. The second-order valence-electron chi connectivity index (χ2n) is 25.3. The number of aromatic nitrogens is 13. The summed E-state index contributed by atoms with van der Waals surface area (Å²) in [6.45, 7) is 20.5. The molecule has 0 radical (unpaired) electrons. The van der Waals surface area contributed by atoms with Crippen LogP contribution in [0.5, 0.6) is 0 Å². The highest BCUT2D eigenvalue weighted by Gasteiger charge is 2.53. The van der Waals surface area contributed by atoms with E-state index in [0.717, 1.165) is 26.1 Å². The SMILES string of the molecule is CC(C)(O)[C@H](F)CNC(=O)c1cnc(Cl)cc1Cl.CC1(C)OB(c2ccc3cc(C#N)cnn23)OC1(C)C.Cc1nnc(N)s1.Cc1nnc(Nc2cc(-c3ccc4cc(C#N)cnn34)ncc2C(=O)NC[C@@H](F)C(C)(C)O)s1.Cc1nnc(Nc2cc(Cl)ncc2C(=O)NC[C@@H](F)C(C)(C)O)s1.[I-]. The van der Waals surface area contributed by atoms with Crippen LogP contribution in [0.1, 0.15) is 126 Å². The second-order valence-corrected chi connectivity index (χ2v) is 30.0. The van der Waals surface area contributed by atoms with Gasteiger partial charge in [-0.05, 0) is 145 Å². The number of nitrogens with two attached hydrogens (primary N) is 1. The minimum atomic E-state index is -1.65. The lowest BCUT2D eigenvalue weighted by Crippen LogP contribution is -3.00. The molecule has 0 aliphatic carbocycles. The molecule has 11 rings (SSSR count). The number of anilines is 5. The van der Waals surface area contributed by atoms with Crippen LogP contribution in [-0.4, -0.2) is 171 Å². The van der Waals surface area contributed by atoms with Gasteiger partial charge in [0.05, 0.1) is 132 Å². The van der Waals surface area contributed by atoms with Crippen LogP contribution in [-0.2, 0) is 9.31 Å². The van der Waals surface area contributed by atoms with Gasteiger partial charge in [-0.15, -0.1) is 30.6 Å². The number of carbonyl (C=O) groups excluding carboxylic acids is 3. The van der Waals surface area contributed by atoms with Crippen LogP contribution in [0.15, 0.2) is 85.6 Å². The van der Waals surface area contributed by atoms with Gasteiger partial charge < -0.3 is 80.9 Å². The van der Waals surface area contributed by atoms with Crippen molar-refractivity contribution in [3.05, 3.63) is 144 Å². The topological polar surface area (TPSA) is 415 Å². The third-order valence-electron chi connectivity index (χ3n) is 15.1. The maximum absolute atomic E-state index is 14.1. The molecule has 3 atom stereocenters. The number of rotatable bonds is 18. The summed E-state index contributed by atoms with van der Waals surface area (Å²) in [6, 6.07) is 19.5. The predicted octanol–water partition coefficient (Wildman–Crippen LogP) is 6.65. The number of nitrogen functional groups attached to an aromatic ring is 1. The summed E-state index contributed by atoms with van der Waals surface area (Å²) in [5.41, 5.74) is 5.56. The van der Waals surface area contributed by atoms with Crippen molar-refractivity contribution in [2.24, 2.45) is 0 Å². The minimum absolute atomic E-state index is 0. The quantitative estimate of drug-likeness (QED) is 0.0246. The Labute approximate surface area is 639 Å². The highest BCUT2D eigenvalue weighted by atomic mass is 127. The van der Waals surface area contributed by atoms with Gasteiger partial charge in [-0.2, -0.15) is 20.7 Å². The monoisotopic (exact) mass is 1660 g/mol. The maximum Gasteiger partial charge on any atom is 0.514 e. The van der Waals surface area contributed by atoms with E-state index in [2.05, 4.69) is 94.5 Å². The van der Waals surface area contributed by atoms with Gasteiger partial charge >= 0.3 is 7.12 Å². The highest BCUT2D eigenvalue weighted by molar-refractivity contribution is 7.15. The molecule has 10 aromatic rings. The molecule has 29 nitrogen and oxygen atoms in total. The molecule has 3 amide bonds. The molecule has 1 saturated heterocycles. The number of carbonyl (C=O) groups is 3. The number of pyridine rings is 3. The Morgan fingerprint density at radius 1 is 0.587 bits per heavy atom. The number of amides is 3. The van der Waals surface area contributed by atoms with Gasteiger partial charge in [0, 0.05) is 18.6 Å². The number of nitrogens with one attached hydrogen (secondary N) is 5. The van der Waals surface area contributed by atoms with Gasteiger partial charge in [-0.25, -0.2) is 32.2 Å². The molecule has 0 spiro atoms. The van der Waals surface area contributed by atoms with Crippen LogP contribution >= 0.6 is 68.8 Å². The number of aryl methyl sites for hydroxylation is 3. The average molecular weight is 1660 g/mol. The number of hydrogen-bond acceptors (Lipinski definition) is 27. The van der Waals surface area contributed by atoms with E-state index in [-0.39, 0.29) is 86.8 Å². The fourth-order valence-corrected chi connectivity index (χ4v) is 10.7. The van der Waals surface area contributed by atoms with E-state index in [4.69, 9.17) is 60.4 Å². The van der Waals surface area contributed by atoms with Crippen molar-refractivity contribution in [3.63, 3.8) is 0 Å². The van der Waals surface area contributed by atoms with Gasteiger partial charge in [0.1, 0.15) is 56.0 Å². The van der Waals surface area contributed by atoms with E-state index in [1.165, 1.54) is 112 Å². The summed E-state index contributed by atoms with van der Waals surface area (Å²) in [4.78, 5) is 48.8. The lowest BCUT2D eigenvalue weighted by atomic mass is 9.85. The molecule has 0 unspecified atom stereocenters. The van der Waals surface area contributed by atoms with Crippen LogP contribution in [0.2, 0.25) is 15.3 Å². The summed E-state index contributed by atoms with van der Waals surface area (Å²) in [5, 5.41) is 96.1. The Hall–Kier alpha value is -8.45. The Morgan fingerprint density at radius 3 is 1.40 bits per heavy atom. The molecule has 0 saturated carbocycles. The number of nitriles is 2. The van der Waals surface area contributed by atoms with Gasteiger partial charge in [-0.1, -0.05) is 68.8 Å². The number of nitrogens with zero attached hydrogens (tertiary/aromatic N) is 15. The number of halogens is 7. The summed E-state index contributed by atoms with van der Waals surface area (Å²) in [6.07, 6.45) is 2.02.